The smallest absolute Gasteiger partial charge is 0.206 e. The second-order valence-electron chi connectivity index (χ2n) is 8.81. The number of halogens is 3. The topological polar surface area (TPSA) is 0 Å². The van der Waals surface area contributed by atoms with Crippen LogP contribution in [0.15, 0.2) is 42.5 Å². The van der Waals surface area contributed by atoms with Crippen molar-refractivity contribution in [3.63, 3.8) is 0 Å². The second kappa shape index (κ2) is 9.36. The van der Waals surface area contributed by atoms with Crippen molar-refractivity contribution in [3.05, 3.63) is 59.4 Å². The highest BCUT2D eigenvalue weighted by molar-refractivity contribution is 5.64. The SMILES string of the molecule is CCCCCCC1(c2ccc(-c3ccc(C(C)(F)F)c(F)c3)cc2)CCCCC1. The van der Waals surface area contributed by atoms with E-state index in [9.17, 15) is 13.2 Å². The Hall–Kier alpha value is -1.77. The number of unbranched alkanes of at least 4 members (excludes halogenated alkanes) is 3. The zero-order chi connectivity index (χ0) is 20.9. The molecule has 0 nitrogen and oxygen atoms in total. The van der Waals surface area contributed by atoms with Gasteiger partial charge in [0.05, 0.1) is 5.56 Å². The van der Waals surface area contributed by atoms with Crippen LogP contribution in [0.1, 0.15) is 89.2 Å². The normalized spacial score (nSPS) is 16.7. The van der Waals surface area contributed by atoms with E-state index in [1.165, 1.54) is 81.9 Å². The molecule has 3 rings (SSSR count). The van der Waals surface area contributed by atoms with Gasteiger partial charge in [-0.1, -0.05) is 82.2 Å². The molecule has 1 aliphatic rings. The molecule has 1 saturated carbocycles. The van der Waals surface area contributed by atoms with Gasteiger partial charge >= 0.3 is 0 Å². The van der Waals surface area contributed by atoms with Crippen LogP contribution >= 0.6 is 0 Å². The fraction of sp³-hybridized carbons (Fsp3) is 0.538. The molecule has 0 bridgehead atoms. The molecule has 0 spiro atoms. The largest absolute Gasteiger partial charge is 0.273 e. The molecule has 0 unspecified atom stereocenters. The average molecular weight is 403 g/mol. The summed E-state index contributed by atoms with van der Waals surface area (Å²) in [6.07, 6.45) is 12.7. The first kappa shape index (κ1) is 21.9. The minimum absolute atomic E-state index is 0.268. The van der Waals surface area contributed by atoms with Gasteiger partial charge < -0.3 is 0 Å². The predicted molar refractivity (Wildman–Crippen MR) is 115 cm³/mol. The number of hydrogen-bond acceptors (Lipinski definition) is 0. The first-order valence-electron chi connectivity index (χ1n) is 11.1. The molecule has 0 saturated heterocycles. The van der Waals surface area contributed by atoms with Crippen LogP contribution in [0.5, 0.6) is 0 Å². The first-order valence-corrected chi connectivity index (χ1v) is 11.1. The lowest BCUT2D eigenvalue weighted by Crippen LogP contribution is -2.29. The maximum absolute atomic E-state index is 14.2. The Labute approximate surface area is 173 Å². The molecular formula is C26H33F3. The third kappa shape index (κ3) is 5.24. The maximum atomic E-state index is 14.2. The Balaban J connectivity index is 1.81. The molecule has 0 N–H and O–H groups in total. The standard InChI is InChI=1S/C26H33F3/c1-3-4-5-7-16-26(17-8-6-9-18-26)22-13-10-20(11-14-22)21-12-15-23(24(27)19-21)25(2,28)29/h10-15,19H,3-9,16-18H2,1-2H3. The highest BCUT2D eigenvalue weighted by atomic mass is 19.3. The molecule has 0 amide bonds. The fourth-order valence-electron chi connectivity index (χ4n) is 4.87. The van der Waals surface area contributed by atoms with Crippen molar-refractivity contribution in [3.8, 4) is 11.1 Å². The molecule has 0 radical (unpaired) electrons. The van der Waals surface area contributed by atoms with E-state index in [0.29, 0.717) is 5.56 Å². The summed E-state index contributed by atoms with van der Waals surface area (Å²) in [4.78, 5) is 0. The number of alkyl halides is 2. The van der Waals surface area contributed by atoms with E-state index in [2.05, 4.69) is 19.1 Å². The van der Waals surface area contributed by atoms with Gasteiger partial charge in [0.15, 0.2) is 0 Å². The van der Waals surface area contributed by atoms with E-state index in [4.69, 9.17) is 0 Å². The minimum Gasteiger partial charge on any atom is -0.206 e. The molecular weight excluding hydrogens is 369 g/mol. The molecule has 3 heteroatoms. The zero-order valence-corrected chi connectivity index (χ0v) is 17.7. The van der Waals surface area contributed by atoms with Gasteiger partial charge in [-0.2, -0.15) is 0 Å². The monoisotopic (exact) mass is 402 g/mol. The Morgan fingerprint density at radius 2 is 1.52 bits per heavy atom. The highest BCUT2D eigenvalue weighted by Crippen LogP contribution is 2.44. The van der Waals surface area contributed by atoms with Crippen LogP contribution in [0.25, 0.3) is 11.1 Å². The molecule has 2 aromatic rings. The average Bonchev–Trinajstić information content (AvgIpc) is 2.71. The van der Waals surface area contributed by atoms with Crippen LogP contribution in [-0.4, -0.2) is 0 Å². The van der Waals surface area contributed by atoms with Crippen molar-refractivity contribution in [2.75, 3.05) is 0 Å². The molecule has 2 aromatic carbocycles. The van der Waals surface area contributed by atoms with E-state index in [1.54, 1.807) is 6.07 Å². The quantitative estimate of drug-likeness (QED) is 0.387. The van der Waals surface area contributed by atoms with Crippen molar-refractivity contribution in [1.82, 2.24) is 0 Å². The Bertz CT molecular complexity index is 781. The lowest BCUT2D eigenvalue weighted by atomic mass is 9.66. The van der Waals surface area contributed by atoms with E-state index in [0.717, 1.165) is 12.5 Å². The summed E-state index contributed by atoms with van der Waals surface area (Å²) in [5, 5.41) is 0. The number of hydrogen-bond donors (Lipinski definition) is 0. The molecule has 1 aliphatic carbocycles. The van der Waals surface area contributed by atoms with E-state index in [-0.39, 0.29) is 5.41 Å². The molecule has 29 heavy (non-hydrogen) atoms. The van der Waals surface area contributed by atoms with E-state index in [1.807, 2.05) is 12.1 Å². The van der Waals surface area contributed by atoms with Crippen LogP contribution in [0.3, 0.4) is 0 Å². The van der Waals surface area contributed by atoms with Gasteiger partial charge in [0.2, 0.25) is 0 Å². The second-order valence-corrected chi connectivity index (χ2v) is 8.81. The first-order chi connectivity index (χ1) is 13.9. The summed E-state index contributed by atoms with van der Waals surface area (Å²) in [5.74, 6) is -4.02. The summed E-state index contributed by atoms with van der Waals surface area (Å²) in [6.45, 7) is 2.97. The predicted octanol–water partition coefficient (Wildman–Crippen LogP) is 8.78. The molecule has 158 valence electrons. The third-order valence-corrected chi connectivity index (χ3v) is 6.59. The summed E-state index contributed by atoms with van der Waals surface area (Å²) < 4.78 is 41.1. The van der Waals surface area contributed by atoms with Gasteiger partial charge in [-0.15, -0.1) is 0 Å². The van der Waals surface area contributed by atoms with Crippen molar-refractivity contribution in [1.29, 1.82) is 0 Å². The van der Waals surface area contributed by atoms with Gasteiger partial charge in [-0.05, 0) is 53.5 Å². The Morgan fingerprint density at radius 1 is 0.862 bits per heavy atom. The highest BCUT2D eigenvalue weighted by Gasteiger charge is 2.33. The van der Waals surface area contributed by atoms with E-state index >= 15 is 0 Å². The van der Waals surface area contributed by atoms with Gasteiger partial charge in [-0.25, -0.2) is 13.2 Å². The van der Waals surface area contributed by atoms with E-state index < -0.39 is 17.3 Å². The van der Waals surface area contributed by atoms with Crippen LogP contribution in [0.2, 0.25) is 0 Å². The third-order valence-electron chi connectivity index (χ3n) is 6.59. The van der Waals surface area contributed by atoms with Crippen molar-refractivity contribution in [2.45, 2.75) is 89.4 Å². The number of benzene rings is 2. The Morgan fingerprint density at radius 3 is 2.10 bits per heavy atom. The van der Waals surface area contributed by atoms with Gasteiger partial charge in [0, 0.05) is 6.92 Å². The molecule has 0 aromatic heterocycles. The maximum Gasteiger partial charge on any atom is 0.273 e. The molecule has 0 heterocycles. The summed E-state index contributed by atoms with van der Waals surface area (Å²) in [7, 11) is 0. The molecule has 0 atom stereocenters. The van der Waals surface area contributed by atoms with Crippen LogP contribution in [0.4, 0.5) is 13.2 Å². The Kier molecular flexibility index (Phi) is 7.08. The number of rotatable bonds is 8. The molecule has 0 aliphatic heterocycles. The van der Waals surface area contributed by atoms with Crippen LogP contribution in [-0.2, 0) is 11.3 Å². The summed E-state index contributed by atoms with van der Waals surface area (Å²) in [5.41, 5.74) is 2.61. The van der Waals surface area contributed by atoms with Crippen molar-refractivity contribution >= 4 is 0 Å². The van der Waals surface area contributed by atoms with Crippen molar-refractivity contribution < 1.29 is 13.2 Å². The van der Waals surface area contributed by atoms with Crippen LogP contribution < -0.4 is 0 Å². The van der Waals surface area contributed by atoms with Gasteiger partial charge in [0.25, 0.3) is 5.92 Å². The van der Waals surface area contributed by atoms with Crippen molar-refractivity contribution in [2.24, 2.45) is 0 Å². The lowest BCUT2D eigenvalue weighted by Gasteiger charge is -2.38. The van der Waals surface area contributed by atoms with Gasteiger partial charge in [-0.3, -0.25) is 0 Å². The molecule has 1 fully saturated rings. The zero-order valence-electron chi connectivity index (χ0n) is 17.7. The van der Waals surface area contributed by atoms with Gasteiger partial charge in [0.1, 0.15) is 5.82 Å². The minimum atomic E-state index is -3.17. The summed E-state index contributed by atoms with van der Waals surface area (Å²) in [6, 6.07) is 12.4. The summed E-state index contributed by atoms with van der Waals surface area (Å²) >= 11 is 0. The lowest BCUT2D eigenvalue weighted by molar-refractivity contribution is 0.0138. The van der Waals surface area contributed by atoms with Crippen LogP contribution in [0, 0.1) is 5.82 Å². The fourth-order valence-corrected chi connectivity index (χ4v) is 4.87.